The van der Waals surface area contributed by atoms with E-state index in [-0.39, 0.29) is 29.2 Å². The van der Waals surface area contributed by atoms with Crippen molar-refractivity contribution in [3.63, 3.8) is 0 Å². The van der Waals surface area contributed by atoms with Gasteiger partial charge in [-0.15, -0.1) is 0 Å². The van der Waals surface area contributed by atoms with Crippen molar-refractivity contribution in [3.05, 3.63) is 57.6 Å². The molecule has 160 valence electrons. The van der Waals surface area contributed by atoms with Gasteiger partial charge in [-0.05, 0) is 37.6 Å². The minimum absolute atomic E-state index is 0.162. The molecule has 1 N–H and O–H groups in total. The molecule has 30 heavy (non-hydrogen) atoms. The molecule has 10 heteroatoms. The average Bonchev–Trinajstić information content (AvgIpc) is 2.70. The maximum absolute atomic E-state index is 12.8. The van der Waals surface area contributed by atoms with E-state index < -0.39 is 14.9 Å². The van der Waals surface area contributed by atoms with Gasteiger partial charge in [0.25, 0.3) is 15.7 Å². The second-order valence-electron chi connectivity index (χ2n) is 6.72. The van der Waals surface area contributed by atoms with Crippen molar-refractivity contribution in [1.29, 1.82) is 5.26 Å². The molecular formula is C20H24N4O5S. The third-order valence-electron chi connectivity index (χ3n) is 4.48. The van der Waals surface area contributed by atoms with Crippen molar-refractivity contribution in [2.24, 2.45) is 0 Å². The molecule has 0 amide bonds. The highest BCUT2D eigenvalue weighted by Crippen LogP contribution is 2.32. The lowest BCUT2D eigenvalue weighted by atomic mass is 10.1. The Morgan fingerprint density at radius 1 is 1.20 bits per heavy atom. The van der Waals surface area contributed by atoms with Crippen molar-refractivity contribution < 1.29 is 18.1 Å². The Balaban J connectivity index is 2.43. The van der Waals surface area contributed by atoms with Crippen LogP contribution in [0.1, 0.15) is 17.5 Å². The Bertz CT molecular complexity index is 1060. The minimum Gasteiger partial charge on any atom is -0.383 e. The summed E-state index contributed by atoms with van der Waals surface area (Å²) in [6, 6.07) is 11.0. The largest absolute Gasteiger partial charge is 0.383 e. The number of hydrogen-bond donors (Lipinski definition) is 1. The molecule has 2 rings (SSSR count). The number of nitriles is 1. The third kappa shape index (κ3) is 5.68. The first kappa shape index (κ1) is 23.1. The van der Waals surface area contributed by atoms with Crippen LogP contribution in [0.15, 0.2) is 41.3 Å². The third-order valence-corrected chi connectivity index (χ3v) is 5.84. The Labute approximate surface area is 176 Å². The topological polar surface area (TPSA) is 126 Å². The lowest BCUT2D eigenvalue weighted by Gasteiger charge is -2.23. The molecule has 0 bridgehead atoms. The zero-order valence-electron chi connectivity index (χ0n) is 17.1. The molecule has 2 aromatic carbocycles. The number of methoxy groups -OCH3 is 1. The predicted octanol–water partition coefficient (Wildman–Crippen LogP) is 3.38. The van der Waals surface area contributed by atoms with Crippen LogP contribution in [0.5, 0.6) is 0 Å². The fourth-order valence-electron chi connectivity index (χ4n) is 2.95. The number of aryl methyl sites for hydroxylation is 2. The lowest BCUT2D eigenvalue weighted by molar-refractivity contribution is -0.384. The van der Waals surface area contributed by atoms with Crippen LogP contribution in [-0.2, 0) is 14.8 Å². The molecule has 0 saturated carbocycles. The zero-order valence-corrected chi connectivity index (χ0v) is 17.9. The van der Waals surface area contributed by atoms with E-state index in [0.29, 0.717) is 18.8 Å². The van der Waals surface area contributed by atoms with E-state index in [4.69, 9.17) is 10.00 Å². The molecular weight excluding hydrogens is 408 g/mol. The van der Waals surface area contributed by atoms with E-state index in [0.717, 1.165) is 17.2 Å². The zero-order chi connectivity index (χ0) is 22.3. The van der Waals surface area contributed by atoms with Crippen LogP contribution < -0.4 is 9.62 Å². The fraction of sp³-hybridized carbons (Fsp3) is 0.350. The van der Waals surface area contributed by atoms with Crippen LogP contribution >= 0.6 is 0 Å². The van der Waals surface area contributed by atoms with Gasteiger partial charge < -0.3 is 9.64 Å². The SMILES string of the molecule is COCCN(CCC#N)c1ccc(S(=O)(=O)Nc2ccc(C)cc2C)cc1[N+](=O)[O-]. The van der Waals surface area contributed by atoms with Gasteiger partial charge in [0.15, 0.2) is 0 Å². The first-order chi connectivity index (χ1) is 14.2. The summed E-state index contributed by atoms with van der Waals surface area (Å²) in [5, 5.41) is 20.5. The molecule has 2 aromatic rings. The number of nitro groups is 1. The van der Waals surface area contributed by atoms with Crippen LogP contribution in [0.2, 0.25) is 0 Å². The molecule has 0 heterocycles. The highest BCUT2D eigenvalue weighted by atomic mass is 32.2. The number of sulfonamides is 1. The summed E-state index contributed by atoms with van der Waals surface area (Å²) in [6.45, 7) is 4.56. The Morgan fingerprint density at radius 3 is 2.53 bits per heavy atom. The molecule has 0 aliphatic rings. The summed E-state index contributed by atoms with van der Waals surface area (Å²) >= 11 is 0. The van der Waals surface area contributed by atoms with Crippen LogP contribution in [0.3, 0.4) is 0 Å². The van der Waals surface area contributed by atoms with Gasteiger partial charge in [0.05, 0.1) is 34.6 Å². The number of nitrogens with one attached hydrogen (secondary N) is 1. The normalized spacial score (nSPS) is 11.0. The van der Waals surface area contributed by atoms with Gasteiger partial charge in [0, 0.05) is 26.3 Å². The smallest absolute Gasteiger partial charge is 0.293 e. The fourth-order valence-corrected chi connectivity index (χ4v) is 4.11. The van der Waals surface area contributed by atoms with Gasteiger partial charge in [0.2, 0.25) is 0 Å². The molecule has 0 saturated heterocycles. The highest BCUT2D eigenvalue weighted by Gasteiger charge is 2.24. The standard InChI is InChI=1S/C20H24N4O5S/c1-15-5-7-18(16(2)13-15)22-30(27,28)17-6-8-19(20(14-17)24(25)26)23(10-4-9-21)11-12-29-3/h5-8,13-14,22H,4,10-12H2,1-3H3. The van der Waals surface area contributed by atoms with Gasteiger partial charge in [-0.25, -0.2) is 8.42 Å². The number of nitrogens with zero attached hydrogens (tertiary/aromatic N) is 3. The Morgan fingerprint density at radius 2 is 1.93 bits per heavy atom. The van der Waals surface area contributed by atoms with Gasteiger partial charge >= 0.3 is 0 Å². The second-order valence-corrected chi connectivity index (χ2v) is 8.40. The number of nitro benzene ring substituents is 1. The maximum Gasteiger partial charge on any atom is 0.293 e. The van der Waals surface area contributed by atoms with Crippen molar-refractivity contribution in [3.8, 4) is 6.07 Å². The lowest BCUT2D eigenvalue weighted by Crippen LogP contribution is -2.29. The number of benzene rings is 2. The number of rotatable bonds is 10. The predicted molar refractivity (Wildman–Crippen MR) is 114 cm³/mol. The van der Waals surface area contributed by atoms with E-state index in [1.807, 2.05) is 19.1 Å². The van der Waals surface area contributed by atoms with Gasteiger partial charge in [-0.1, -0.05) is 17.7 Å². The number of ether oxygens (including phenoxy) is 1. The number of hydrogen-bond acceptors (Lipinski definition) is 7. The molecule has 9 nitrogen and oxygen atoms in total. The summed E-state index contributed by atoms with van der Waals surface area (Å²) in [4.78, 5) is 12.5. The summed E-state index contributed by atoms with van der Waals surface area (Å²) in [7, 11) is -2.53. The minimum atomic E-state index is -4.03. The van der Waals surface area contributed by atoms with E-state index >= 15 is 0 Å². The molecule has 0 atom stereocenters. The average molecular weight is 433 g/mol. The monoisotopic (exact) mass is 432 g/mol. The molecule has 0 aliphatic carbocycles. The Kier molecular flexibility index (Phi) is 7.74. The molecule has 0 aliphatic heterocycles. The van der Waals surface area contributed by atoms with E-state index in [1.54, 1.807) is 24.0 Å². The second kappa shape index (κ2) is 10.0. The van der Waals surface area contributed by atoms with Crippen molar-refractivity contribution in [2.45, 2.75) is 25.2 Å². The molecule has 0 radical (unpaired) electrons. The van der Waals surface area contributed by atoms with Crippen LogP contribution in [0, 0.1) is 35.3 Å². The number of anilines is 2. The molecule has 0 unspecified atom stereocenters. The molecule has 0 fully saturated rings. The summed E-state index contributed by atoms with van der Waals surface area (Å²) in [5.74, 6) is 0. The maximum atomic E-state index is 12.8. The van der Waals surface area contributed by atoms with Gasteiger partial charge in [-0.3, -0.25) is 14.8 Å². The van der Waals surface area contributed by atoms with Gasteiger partial charge in [-0.2, -0.15) is 5.26 Å². The first-order valence-electron chi connectivity index (χ1n) is 9.19. The van der Waals surface area contributed by atoms with Crippen molar-refractivity contribution in [2.75, 3.05) is 36.4 Å². The van der Waals surface area contributed by atoms with Crippen molar-refractivity contribution >= 4 is 27.1 Å². The van der Waals surface area contributed by atoms with Crippen LogP contribution in [-0.4, -0.2) is 40.1 Å². The highest BCUT2D eigenvalue weighted by molar-refractivity contribution is 7.92. The quantitative estimate of drug-likeness (QED) is 0.450. The molecule has 0 spiro atoms. The first-order valence-corrected chi connectivity index (χ1v) is 10.7. The summed E-state index contributed by atoms with van der Waals surface area (Å²) < 4.78 is 33.2. The van der Waals surface area contributed by atoms with E-state index in [1.165, 1.54) is 19.2 Å². The summed E-state index contributed by atoms with van der Waals surface area (Å²) in [5.41, 5.74) is 2.02. The summed E-state index contributed by atoms with van der Waals surface area (Å²) in [6.07, 6.45) is 0.162. The van der Waals surface area contributed by atoms with Crippen LogP contribution in [0.25, 0.3) is 0 Å². The van der Waals surface area contributed by atoms with Crippen LogP contribution in [0.4, 0.5) is 17.1 Å². The van der Waals surface area contributed by atoms with Gasteiger partial charge in [0.1, 0.15) is 5.69 Å². The molecule has 0 aromatic heterocycles. The van der Waals surface area contributed by atoms with E-state index in [2.05, 4.69) is 4.72 Å². The van der Waals surface area contributed by atoms with Crippen molar-refractivity contribution in [1.82, 2.24) is 0 Å². The van der Waals surface area contributed by atoms with E-state index in [9.17, 15) is 18.5 Å². The Hall–Kier alpha value is -3.16.